The molecule has 1 saturated carbocycles. The number of hydrogen-bond acceptors (Lipinski definition) is 8. The van der Waals surface area contributed by atoms with E-state index >= 15 is 0 Å². The van der Waals surface area contributed by atoms with Crippen LogP contribution in [0.2, 0.25) is 54.4 Å². The molecule has 3 rings (SSSR count). The standard InChI is InChI=1S/C30H58N4O6Si3/c1-28(2,3)41(10,11)37-19-21-23(39-42(12,13)29(4,5)6)24(40-43(14,15)30(7,8)9)26(38-21)34-27(36)33-22(18-31-34)32-25(35)20-16-17-20/h18,20-21,23-24,26H,16-17,19H2,1-15H3,(H,32,33,35,36)/t21-,23-,24-,26-/m1/s1. The van der Waals surface area contributed by atoms with E-state index in [-0.39, 0.29) is 32.8 Å². The van der Waals surface area contributed by atoms with Crippen LogP contribution in [0.15, 0.2) is 11.0 Å². The predicted octanol–water partition coefficient (Wildman–Crippen LogP) is 6.69. The van der Waals surface area contributed by atoms with Crippen molar-refractivity contribution in [1.82, 2.24) is 14.8 Å². The summed E-state index contributed by atoms with van der Waals surface area (Å²) in [4.78, 5) is 29.9. The average Bonchev–Trinajstić information content (AvgIpc) is 3.61. The van der Waals surface area contributed by atoms with Crippen molar-refractivity contribution >= 4 is 36.7 Å². The highest BCUT2D eigenvalue weighted by molar-refractivity contribution is 6.75. The fourth-order valence-electron chi connectivity index (χ4n) is 4.01. The maximum atomic E-state index is 13.5. The monoisotopic (exact) mass is 654 g/mol. The van der Waals surface area contributed by atoms with Gasteiger partial charge in [-0.2, -0.15) is 14.8 Å². The number of amides is 1. The molecule has 0 spiro atoms. The molecule has 1 saturated heterocycles. The van der Waals surface area contributed by atoms with E-state index in [1.807, 2.05) is 0 Å². The molecular formula is C30H58N4O6Si3. The Bertz CT molecular complexity index is 1210. The summed E-state index contributed by atoms with van der Waals surface area (Å²) >= 11 is 0. The minimum Gasteiger partial charge on any atom is -0.414 e. The molecule has 246 valence electrons. The van der Waals surface area contributed by atoms with Crippen LogP contribution in [0.3, 0.4) is 0 Å². The van der Waals surface area contributed by atoms with Crippen LogP contribution in [-0.2, 0) is 22.8 Å². The Kier molecular flexibility index (Phi) is 10.3. The van der Waals surface area contributed by atoms with Crippen LogP contribution in [0.1, 0.15) is 81.4 Å². The number of nitrogens with one attached hydrogen (secondary N) is 1. The van der Waals surface area contributed by atoms with Crippen molar-refractivity contribution in [2.75, 3.05) is 11.9 Å². The molecule has 0 radical (unpaired) electrons. The van der Waals surface area contributed by atoms with E-state index in [0.29, 0.717) is 6.61 Å². The fraction of sp³-hybridized carbons (Fsp3) is 0.867. The molecule has 1 aromatic rings. The summed E-state index contributed by atoms with van der Waals surface area (Å²) in [5.41, 5.74) is -0.612. The minimum atomic E-state index is -2.38. The van der Waals surface area contributed by atoms with Gasteiger partial charge in [0.25, 0.3) is 0 Å². The molecule has 1 aliphatic heterocycles. The first-order valence-electron chi connectivity index (χ1n) is 15.7. The second-order valence-electron chi connectivity index (χ2n) is 17.0. The number of rotatable bonds is 10. The van der Waals surface area contributed by atoms with Crippen LogP contribution in [0, 0.1) is 5.92 Å². The van der Waals surface area contributed by atoms with Crippen molar-refractivity contribution in [1.29, 1.82) is 0 Å². The minimum absolute atomic E-state index is 0.0142. The van der Waals surface area contributed by atoms with Gasteiger partial charge in [-0.25, -0.2) is 4.79 Å². The molecule has 0 unspecified atom stereocenters. The van der Waals surface area contributed by atoms with E-state index in [2.05, 4.69) is 117 Å². The smallest absolute Gasteiger partial charge is 0.368 e. The highest BCUT2D eigenvalue weighted by atomic mass is 28.4. The van der Waals surface area contributed by atoms with E-state index in [0.717, 1.165) is 12.8 Å². The number of anilines is 1. The quantitative estimate of drug-likeness (QED) is 0.278. The summed E-state index contributed by atoms with van der Waals surface area (Å²) in [5, 5.41) is 7.04. The molecule has 1 aliphatic carbocycles. The van der Waals surface area contributed by atoms with Gasteiger partial charge < -0.3 is 23.3 Å². The first kappa shape index (κ1) is 36.2. The third-order valence-corrected chi connectivity index (χ3v) is 23.8. The number of ether oxygens (including phenoxy) is 1. The van der Waals surface area contributed by atoms with Gasteiger partial charge in [0.2, 0.25) is 5.91 Å². The molecular weight excluding hydrogens is 597 g/mol. The number of carbonyl (C=O) groups excluding carboxylic acids is 1. The van der Waals surface area contributed by atoms with Gasteiger partial charge >= 0.3 is 5.69 Å². The lowest BCUT2D eigenvalue weighted by atomic mass is 10.1. The van der Waals surface area contributed by atoms with E-state index < -0.39 is 55.2 Å². The summed E-state index contributed by atoms with van der Waals surface area (Å²) in [6.45, 7) is 33.4. The van der Waals surface area contributed by atoms with Crippen molar-refractivity contribution in [2.45, 2.75) is 154 Å². The third kappa shape index (κ3) is 8.33. The van der Waals surface area contributed by atoms with Crippen LogP contribution in [-0.4, -0.2) is 70.5 Å². The lowest BCUT2D eigenvalue weighted by molar-refractivity contribution is -0.117. The predicted molar refractivity (Wildman–Crippen MR) is 179 cm³/mol. The van der Waals surface area contributed by atoms with Gasteiger partial charge in [0.15, 0.2) is 37.0 Å². The summed E-state index contributed by atoms with van der Waals surface area (Å²) < 4.78 is 28.9. The van der Waals surface area contributed by atoms with Gasteiger partial charge in [0, 0.05) is 5.92 Å². The van der Waals surface area contributed by atoms with Crippen molar-refractivity contribution in [3.63, 3.8) is 0 Å². The molecule has 43 heavy (non-hydrogen) atoms. The van der Waals surface area contributed by atoms with Crippen molar-refractivity contribution < 1.29 is 22.8 Å². The number of aromatic nitrogens is 3. The molecule has 10 nitrogen and oxygen atoms in total. The van der Waals surface area contributed by atoms with Crippen LogP contribution >= 0.6 is 0 Å². The van der Waals surface area contributed by atoms with Gasteiger partial charge in [-0.15, -0.1) is 0 Å². The molecule has 1 aromatic heterocycles. The molecule has 13 heteroatoms. The highest BCUT2D eigenvalue weighted by Crippen LogP contribution is 2.46. The molecule has 2 fully saturated rings. The second kappa shape index (κ2) is 12.2. The van der Waals surface area contributed by atoms with E-state index in [9.17, 15) is 9.59 Å². The Labute approximate surface area is 262 Å². The highest BCUT2D eigenvalue weighted by Gasteiger charge is 2.55. The summed E-state index contributed by atoms with van der Waals surface area (Å²) in [6.07, 6.45) is 0.683. The van der Waals surface area contributed by atoms with Gasteiger partial charge in [-0.1, -0.05) is 62.3 Å². The first-order chi connectivity index (χ1) is 19.3. The topological polar surface area (TPSA) is 114 Å². The number of carbonyl (C=O) groups is 1. The molecule has 0 aromatic carbocycles. The van der Waals surface area contributed by atoms with E-state index in [1.54, 1.807) is 0 Å². The van der Waals surface area contributed by atoms with Crippen LogP contribution in [0.5, 0.6) is 0 Å². The Morgan fingerprint density at radius 3 is 1.81 bits per heavy atom. The van der Waals surface area contributed by atoms with E-state index in [4.69, 9.17) is 18.0 Å². The fourth-order valence-corrected chi connectivity index (χ4v) is 7.62. The zero-order valence-electron chi connectivity index (χ0n) is 29.4. The van der Waals surface area contributed by atoms with Crippen molar-refractivity contribution in [3.8, 4) is 0 Å². The third-order valence-electron chi connectivity index (χ3n) is 10.3. The van der Waals surface area contributed by atoms with E-state index in [1.165, 1.54) is 10.9 Å². The maximum absolute atomic E-state index is 13.5. The van der Waals surface area contributed by atoms with Gasteiger partial charge in [-0.05, 0) is 67.2 Å². The van der Waals surface area contributed by atoms with Crippen molar-refractivity contribution in [3.05, 3.63) is 16.7 Å². The summed E-state index contributed by atoms with van der Waals surface area (Å²) in [5.74, 6) is -0.00191. The normalized spacial score (nSPS) is 24.3. The first-order valence-corrected chi connectivity index (χ1v) is 24.4. The van der Waals surface area contributed by atoms with Crippen molar-refractivity contribution in [2.24, 2.45) is 5.92 Å². The SMILES string of the molecule is CC(C)(C)[Si](C)(C)OC[C@H]1O[C@@H](n2ncc(NC(=O)C3CC3)nc2=O)[C@H](O[Si](C)(C)C(C)(C)C)[C@@H]1O[Si](C)(C)C(C)(C)C. The molecule has 0 bridgehead atoms. The average molecular weight is 655 g/mol. The molecule has 4 atom stereocenters. The number of hydrogen-bond donors (Lipinski definition) is 1. The second-order valence-corrected chi connectivity index (χ2v) is 31.3. The maximum Gasteiger partial charge on any atom is 0.368 e. The Morgan fingerprint density at radius 1 is 0.884 bits per heavy atom. The largest absolute Gasteiger partial charge is 0.414 e. The van der Waals surface area contributed by atoms with Crippen LogP contribution in [0.25, 0.3) is 0 Å². The molecule has 2 heterocycles. The molecule has 1 N–H and O–H groups in total. The summed E-state index contributed by atoms with van der Waals surface area (Å²) in [6, 6.07) is 0. The zero-order valence-corrected chi connectivity index (χ0v) is 32.4. The lowest BCUT2D eigenvalue weighted by Gasteiger charge is -2.44. The molecule has 2 aliphatic rings. The van der Waals surface area contributed by atoms with Crippen LogP contribution in [0.4, 0.5) is 5.82 Å². The Balaban J connectivity index is 2.08. The van der Waals surface area contributed by atoms with Gasteiger partial charge in [0.1, 0.15) is 18.3 Å². The lowest BCUT2D eigenvalue weighted by Crippen LogP contribution is -2.55. The van der Waals surface area contributed by atoms with Crippen LogP contribution < -0.4 is 11.0 Å². The van der Waals surface area contributed by atoms with Gasteiger partial charge in [-0.3, -0.25) is 4.79 Å². The zero-order chi connectivity index (χ0) is 33.0. The Hall–Kier alpha value is -1.23. The summed E-state index contributed by atoms with van der Waals surface area (Å²) in [7, 11) is -6.83. The van der Waals surface area contributed by atoms with Gasteiger partial charge in [0.05, 0.1) is 12.8 Å². The molecule has 1 amide bonds. The number of nitrogens with zero attached hydrogens (tertiary/aromatic N) is 3. The Morgan fingerprint density at radius 2 is 1.37 bits per heavy atom.